The van der Waals surface area contributed by atoms with E-state index < -0.39 is 11.8 Å². The molecule has 2 aromatic carbocycles. The molecule has 33 heavy (non-hydrogen) atoms. The predicted octanol–water partition coefficient (Wildman–Crippen LogP) is 5.91. The zero-order valence-electron chi connectivity index (χ0n) is 19.3. The molecule has 0 spiro atoms. The van der Waals surface area contributed by atoms with Crippen molar-refractivity contribution in [3.05, 3.63) is 87.9 Å². The molecule has 0 aliphatic rings. The van der Waals surface area contributed by atoms with Crippen molar-refractivity contribution in [2.45, 2.75) is 33.9 Å². The molecule has 0 aliphatic heterocycles. The Bertz CT molecular complexity index is 1070. The predicted molar refractivity (Wildman–Crippen MR) is 132 cm³/mol. The largest absolute Gasteiger partial charge is 0.332 e. The van der Waals surface area contributed by atoms with Gasteiger partial charge in [-0.1, -0.05) is 56.3 Å². The molecule has 3 rings (SSSR count). The maximum atomic E-state index is 14.1. The zero-order valence-corrected chi connectivity index (χ0v) is 20.1. The maximum absolute atomic E-state index is 14.1. The van der Waals surface area contributed by atoms with Gasteiger partial charge in [-0.3, -0.25) is 4.79 Å². The summed E-state index contributed by atoms with van der Waals surface area (Å²) in [5, 5.41) is 4.62. The highest BCUT2D eigenvalue weighted by Gasteiger charge is 2.24. The van der Waals surface area contributed by atoms with Crippen LogP contribution in [0.25, 0.3) is 0 Å². The molecule has 0 saturated heterocycles. The van der Waals surface area contributed by atoms with Crippen LogP contribution in [0.5, 0.6) is 0 Å². The van der Waals surface area contributed by atoms with Gasteiger partial charge in [-0.05, 0) is 47.5 Å². The molecule has 1 N–H and O–H groups in total. The van der Waals surface area contributed by atoms with Crippen molar-refractivity contribution in [2.75, 3.05) is 18.4 Å². The quantitative estimate of drug-likeness (QED) is 0.425. The Morgan fingerprint density at radius 3 is 2.30 bits per heavy atom. The molecule has 1 heterocycles. The van der Waals surface area contributed by atoms with E-state index in [2.05, 4.69) is 5.32 Å². The molecule has 0 saturated carbocycles. The van der Waals surface area contributed by atoms with E-state index in [-0.39, 0.29) is 24.1 Å². The minimum absolute atomic E-state index is 0.0876. The topological polar surface area (TPSA) is 52.7 Å². The molecule has 174 valence electrons. The summed E-state index contributed by atoms with van der Waals surface area (Å²) in [6.07, 6.45) is 0. The van der Waals surface area contributed by atoms with Crippen molar-refractivity contribution in [3.8, 4) is 0 Å². The number of hydrogen-bond acceptors (Lipinski definition) is 3. The van der Waals surface area contributed by atoms with Crippen LogP contribution in [0.1, 0.15) is 29.9 Å². The summed E-state index contributed by atoms with van der Waals surface area (Å²) in [4.78, 5) is 30.8. The van der Waals surface area contributed by atoms with Gasteiger partial charge in [0, 0.05) is 18.0 Å². The Morgan fingerprint density at radius 2 is 1.67 bits per heavy atom. The lowest BCUT2D eigenvalue weighted by Crippen LogP contribution is -2.45. The van der Waals surface area contributed by atoms with Crippen molar-refractivity contribution in [1.29, 1.82) is 0 Å². The first kappa shape index (κ1) is 24.5. The summed E-state index contributed by atoms with van der Waals surface area (Å²) in [7, 11) is 0. The Labute approximate surface area is 198 Å². The molecular formula is C26H30FN3O2S. The lowest BCUT2D eigenvalue weighted by Gasteiger charge is -2.29. The number of carbonyl (C=O) groups is 2. The van der Waals surface area contributed by atoms with Crippen LogP contribution >= 0.6 is 11.3 Å². The summed E-state index contributed by atoms with van der Waals surface area (Å²) in [6, 6.07) is 17.4. The van der Waals surface area contributed by atoms with E-state index in [0.717, 1.165) is 16.0 Å². The van der Waals surface area contributed by atoms with Gasteiger partial charge in [0.05, 0.1) is 12.2 Å². The molecule has 0 radical (unpaired) electrons. The van der Waals surface area contributed by atoms with Crippen LogP contribution in [0.3, 0.4) is 0 Å². The number of carbonyl (C=O) groups excluding carboxylic acids is 2. The summed E-state index contributed by atoms with van der Waals surface area (Å²) in [5.41, 5.74) is 2.26. The molecule has 0 unspecified atom stereocenters. The lowest BCUT2D eigenvalue weighted by molar-refractivity contribution is -0.133. The van der Waals surface area contributed by atoms with Crippen molar-refractivity contribution in [1.82, 2.24) is 9.80 Å². The first-order chi connectivity index (χ1) is 15.8. The van der Waals surface area contributed by atoms with E-state index in [1.165, 1.54) is 17.0 Å². The van der Waals surface area contributed by atoms with Crippen LogP contribution in [0, 0.1) is 18.7 Å². The number of hydrogen-bond donors (Lipinski definition) is 1. The first-order valence-electron chi connectivity index (χ1n) is 11.0. The average molecular weight is 468 g/mol. The third kappa shape index (κ3) is 7.15. The normalized spacial score (nSPS) is 10.8. The highest BCUT2D eigenvalue weighted by Crippen LogP contribution is 2.20. The third-order valence-corrected chi connectivity index (χ3v) is 6.19. The van der Waals surface area contributed by atoms with Crippen molar-refractivity contribution < 1.29 is 14.0 Å². The van der Waals surface area contributed by atoms with Crippen LogP contribution in [0.15, 0.2) is 66.0 Å². The molecule has 5 nitrogen and oxygen atoms in total. The highest BCUT2D eigenvalue weighted by molar-refractivity contribution is 7.10. The number of nitrogens with zero attached hydrogens (tertiary/aromatic N) is 2. The van der Waals surface area contributed by atoms with Gasteiger partial charge in [0.1, 0.15) is 12.4 Å². The number of amides is 3. The van der Waals surface area contributed by atoms with E-state index in [9.17, 15) is 14.0 Å². The van der Waals surface area contributed by atoms with Gasteiger partial charge in [-0.15, -0.1) is 11.3 Å². The van der Waals surface area contributed by atoms with Gasteiger partial charge < -0.3 is 15.1 Å². The Balaban J connectivity index is 1.78. The van der Waals surface area contributed by atoms with Gasteiger partial charge >= 0.3 is 6.03 Å². The van der Waals surface area contributed by atoms with E-state index in [0.29, 0.717) is 19.6 Å². The fraction of sp³-hybridized carbons (Fsp3) is 0.308. The second kappa shape index (κ2) is 11.6. The zero-order chi connectivity index (χ0) is 23.8. The molecule has 7 heteroatoms. The number of benzene rings is 2. The van der Waals surface area contributed by atoms with E-state index in [4.69, 9.17) is 0 Å². The van der Waals surface area contributed by atoms with Crippen LogP contribution in [-0.2, 0) is 17.9 Å². The maximum Gasteiger partial charge on any atom is 0.322 e. The highest BCUT2D eigenvalue weighted by atomic mass is 32.1. The third-order valence-electron chi connectivity index (χ3n) is 5.19. The molecule has 0 atom stereocenters. The molecule has 3 amide bonds. The second-order valence-electron chi connectivity index (χ2n) is 8.45. The fourth-order valence-electron chi connectivity index (χ4n) is 3.46. The molecule has 0 aliphatic carbocycles. The lowest BCUT2D eigenvalue weighted by atomic mass is 10.2. The van der Waals surface area contributed by atoms with E-state index in [1.807, 2.05) is 62.5 Å². The number of para-hydroxylation sites is 1. The first-order valence-corrected chi connectivity index (χ1v) is 11.9. The van der Waals surface area contributed by atoms with Crippen molar-refractivity contribution >= 4 is 29.0 Å². The summed E-state index contributed by atoms with van der Waals surface area (Å²) in [5.74, 6) is -0.525. The van der Waals surface area contributed by atoms with Crippen LogP contribution in [-0.4, -0.2) is 34.8 Å². The fourth-order valence-corrected chi connectivity index (χ4v) is 4.38. The monoisotopic (exact) mass is 467 g/mol. The molecular weight excluding hydrogens is 437 g/mol. The van der Waals surface area contributed by atoms with Gasteiger partial charge in [-0.25, -0.2) is 9.18 Å². The van der Waals surface area contributed by atoms with E-state index in [1.54, 1.807) is 28.4 Å². The number of urea groups is 1. The number of halogens is 1. The molecule has 0 fully saturated rings. The Hall–Kier alpha value is -3.19. The number of anilines is 1. The van der Waals surface area contributed by atoms with Crippen molar-refractivity contribution in [2.24, 2.45) is 5.92 Å². The van der Waals surface area contributed by atoms with Gasteiger partial charge in [0.15, 0.2) is 0 Å². The van der Waals surface area contributed by atoms with Crippen LogP contribution in [0.4, 0.5) is 14.9 Å². The average Bonchev–Trinajstić information content (AvgIpc) is 3.19. The molecule has 1 aromatic heterocycles. The Kier molecular flexibility index (Phi) is 8.60. The summed E-state index contributed by atoms with van der Waals surface area (Å²) >= 11 is 1.62. The van der Waals surface area contributed by atoms with Crippen LogP contribution in [0.2, 0.25) is 0 Å². The van der Waals surface area contributed by atoms with Gasteiger partial charge in [0.25, 0.3) is 0 Å². The molecule has 3 aromatic rings. The van der Waals surface area contributed by atoms with E-state index >= 15 is 0 Å². The van der Waals surface area contributed by atoms with Gasteiger partial charge in [0.2, 0.25) is 5.91 Å². The number of aryl methyl sites for hydroxylation is 1. The number of thiophene rings is 1. The number of rotatable bonds is 9. The summed E-state index contributed by atoms with van der Waals surface area (Å²) in [6.45, 7) is 7.20. The minimum atomic E-state index is -0.513. The van der Waals surface area contributed by atoms with Crippen LogP contribution < -0.4 is 5.32 Å². The van der Waals surface area contributed by atoms with Gasteiger partial charge in [-0.2, -0.15) is 0 Å². The standard InChI is InChI=1S/C26H30FN3O2S/c1-19(2)15-30(26(32)28-23-12-8-7-11-22(23)27)18-25(31)29(16-21-9-5-4-6-10-21)17-24-20(3)13-14-33-24/h4-14,19H,15-18H2,1-3H3,(H,28,32). The molecule has 0 bridgehead atoms. The minimum Gasteiger partial charge on any atom is -0.332 e. The van der Waals surface area contributed by atoms with Crippen molar-refractivity contribution in [3.63, 3.8) is 0 Å². The summed E-state index contributed by atoms with van der Waals surface area (Å²) < 4.78 is 14.1. The number of nitrogens with one attached hydrogen (secondary N) is 1. The SMILES string of the molecule is Cc1ccsc1CN(Cc1ccccc1)C(=O)CN(CC(C)C)C(=O)Nc1ccccc1F. The second-order valence-corrected chi connectivity index (χ2v) is 9.45. The Morgan fingerprint density at radius 1 is 0.970 bits per heavy atom. The smallest absolute Gasteiger partial charge is 0.322 e.